The van der Waals surface area contributed by atoms with Crippen LogP contribution in [-0.2, 0) is 16.6 Å². The number of nitrogens with one attached hydrogen (secondary N) is 1. The van der Waals surface area contributed by atoms with Gasteiger partial charge in [-0.3, -0.25) is 0 Å². The van der Waals surface area contributed by atoms with Gasteiger partial charge >= 0.3 is 0 Å². The summed E-state index contributed by atoms with van der Waals surface area (Å²) in [6, 6.07) is 5.55. The molecule has 124 valence electrons. The molecule has 2 rings (SSSR count). The van der Waals surface area contributed by atoms with Gasteiger partial charge in [0.05, 0.1) is 6.26 Å². The zero-order chi connectivity index (χ0) is 16.3. The fourth-order valence-electron chi connectivity index (χ4n) is 2.98. The molecule has 6 heteroatoms. The lowest BCUT2D eigenvalue weighted by Crippen LogP contribution is -2.50. The van der Waals surface area contributed by atoms with Gasteiger partial charge in [-0.15, -0.1) is 0 Å². The van der Waals surface area contributed by atoms with Crippen LogP contribution < -0.4 is 5.32 Å². The summed E-state index contributed by atoms with van der Waals surface area (Å²) in [6.45, 7) is 5.55. The fraction of sp³-hybridized carbons (Fsp3) is 0.625. The summed E-state index contributed by atoms with van der Waals surface area (Å²) < 4.78 is 38.5. The summed E-state index contributed by atoms with van der Waals surface area (Å²) in [5.74, 6) is 0.108. The minimum atomic E-state index is -3.11. The van der Waals surface area contributed by atoms with E-state index in [0.29, 0.717) is 31.1 Å². The molecule has 1 aliphatic rings. The van der Waals surface area contributed by atoms with Gasteiger partial charge in [-0.05, 0) is 36.5 Å². The monoisotopic (exact) mass is 328 g/mol. The molecule has 1 aliphatic heterocycles. The Labute approximate surface area is 132 Å². The lowest BCUT2D eigenvalue weighted by molar-refractivity contribution is 0.201. The van der Waals surface area contributed by atoms with Crippen LogP contribution in [0.4, 0.5) is 4.39 Å². The van der Waals surface area contributed by atoms with E-state index in [1.807, 2.05) is 6.07 Å². The van der Waals surface area contributed by atoms with Crippen LogP contribution in [0.2, 0.25) is 0 Å². The number of sulfonamides is 1. The lowest BCUT2D eigenvalue weighted by Gasteiger charge is -2.37. The van der Waals surface area contributed by atoms with Crippen molar-refractivity contribution < 1.29 is 12.8 Å². The smallest absolute Gasteiger partial charge is 0.211 e. The standard InChI is InChI=1S/C16H25FN2O2S/c1-4-14-11-19(22(3,20)21)8-7-16(14)18-10-13-6-5-12(2)15(17)9-13/h5-6,9,14,16,18H,4,7-8,10-11H2,1-3H3/t14-,16-/m0/s1. The molecule has 1 aromatic carbocycles. The molecule has 0 aliphatic carbocycles. The second kappa shape index (κ2) is 7.06. The summed E-state index contributed by atoms with van der Waals surface area (Å²) in [7, 11) is -3.11. The van der Waals surface area contributed by atoms with E-state index >= 15 is 0 Å². The Morgan fingerprint density at radius 2 is 2.14 bits per heavy atom. The first-order chi connectivity index (χ1) is 10.3. The fourth-order valence-corrected chi connectivity index (χ4v) is 3.88. The second-order valence-electron chi connectivity index (χ2n) is 6.15. The highest BCUT2D eigenvalue weighted by molar-refractivity contribution is 7.88. The molecule has 4 nitrogen and oxygen atoms in total. The molecule has 0 unspecified atom stereocenters. The van der Waals surface area contributed by atoms with Crippen LogP contribution in [0.5, 0.6) is 0 Å². The minimum absolute atomic E-state index is 0.182. The zero-order valence-corrected chi connectivity index (χ0v) is 14.3. The molecule has 0 spiro atoms. The van der Waals surface area contributed by atoms with Crippen molar-refractivity contribution in [3.05, 3.63) is 35.1 Å². The summed E-state index contributed by atoms with van der Waals surface area (Å²) >= 11 is 0. The highest BCUT2D eigenvalue weighted by Crippen LogP contribution is 2.22. The first-order valence-corrected chi connectivity index (χ1v) is 9.59. The second-order valence-corrected chi connectivity index (χ2v) is 8.13. The Morgan fingerprint density at radius 3 is 2.73 bits per heavy atom. The van der Waals surface area contributed by atoms with Crippen LogP contribution in [0.25, 0.3) is 0 Å². The molecule has 0 bridgehead atoms. The summed E-state index contributed by atoms with van der Waals surface area (Å²) in [6.07, 6.45) is 2.98. The van der Waals surface area contributed by atoms with Gasteiger partial charge in [0.2, 0.25) is 10.0 Å². The highest BCUT2D eigenvalue weighted by atomic mass is 32.2. The molecule has 1 saturated heterocycles. The average Bonchev–Trinajstić information content (AvgIpc) is 2.47. The van der Waals surface area contributed by atoms with Crippen LogP contribution in [0.3, 0.4) is 0 Å². The first kappa shape index (κ1) is 17.4. The number of aryl methyl sites for hydroxylation is 1. The molecule has 1 aromatic rings. The van der Waals surface area contributed by atoms with E-state index in [1.54, 1.807) is 23.4 Å². The quantitative estimate of drug-likeness (QED) is 0.902. The number of rotatable bonds is 5. The van der Waals surface area contributed by atoms with Gasteiger partial charge < -0.3 is 5.32 Å². The predicted molar refractivity (Wildman–Crippen MR) is 86.6 cm³/mol. The van der Waals surface area contributed by atoms with Crippen LogP contribution in [-0.4, -0.2) is 38.1 Å². The Hall–Kier alpha value is -0.980. The zero-order valence-electron chi connectivity index (χ0n) is 13.5. The van der Waals surface area contributed by atoms with E-state index in [-0.39, 0.29) is 11.9 Å². The van der Waals surface area contributed by atoms with Crippen LogP contribution in [0, 0.1) is 18.7 Å². The SMILES string of the molecule is CC[C@H]1CN(S(C)(=O)=O)CC[C@@H]1NCc1ccc(C)c(F)c1. The van der Waals surface area contributed by atoms with Gasteiger partial charge in [0, 0.05) is 25.7 Å². The van der Waals surface area contributed by atoms with Gasteiger partial charge in [-0.2, -0.15) is 0 Å². The van der Waals surface area contributed by atoms with Crippen LogP contribution in [0.1, 0.15) is 30.9 Å². The van der Waals surface area contributed by atoms with Crippen molar-refractivity contribution in [3.63, 3.8) is 0 Å². The molecule has 1 fully saturated rings. The molecule has 0 aromatic heterocycles. The van der Waals surface area contributed by atoms with Crippen LogP contribution >= 0.6 is 0 Å². The van der Waals surface area contributed by atoms with Gasteiger partial charge in [0.1, 0.15) is 5.82 Å². The maximum atomic E-state index is 13.6. The maximum absolute atomic E-state index is 13.6. The van der Waals surface area contributed by atoms with E-state index in [0.717, 1.165) is 18.4 Å². The third kappa shape index (κ3) is 4.27. The lowest BCUT2D eigenvalue weighted by atomic mass is 9.91. The summed E-state index contributed by atoms with van der Waals surface area (Å²) in [5, 5.41) is 3.47. The van der Waals surface area contributed by atoms with Crippen molar-refractivity contribution in [1.82, 2.24) is 9.62 Å². The number of halogens is 1. The highest BCUT2D eigenvalue weighted by Gasteiger charge is 2.31. The van der Waals surface area contributed by atoms with Crippen molar-refractivity contribution >= 4 is 10.0 Å². The Bertz CT molecular complexity index is 619. The Balaban J connectivity index is 1.96. The van der Waals surface area contributed by atoms with Crippen molar-refractivity contribution in [2.24, 2.45) is 5.92 Å². The predicted octanol–water partition coefficient (Wildman–Crippen LogP) is 2.28. The van der Waals surface area contributed by atoms with E-state index in [9.17, 15) is 12.8 Å². The number of nitrogens with zero attached hydrogens (tertiary/aromatic N) is 1. The molecule has 0 radical (unpaired) electrons. The minimum Gasteiger partial charge on any atom is -0.310 e. The number of hydrogen-bond donors (Lipinski definition) is 1. The third-order valence-electron chi connectivity index (χ3n) is 4.49. The van der Waals surface area contributed by atoms with E-state index in [2.05, 4.69) is 12.2 Å². The van der Waals surface area contributed by atoms with Crippen molar-refractivity contribution in [2.75, 3.05) is 19.3 Å². The molecule has 1 heterocycles. The summed E-state index contributed by atoms with van der Waals surface area (Å²) in [5.41, 5.74) is 1.57. The van der Waals surface area contributed by atoms with Crippen molar-refractivity contribution in [2.45, 2.75) is 39.3 Å². The van der Waals surface area contributed by atoms with Gasteiger partial charge in [0.25, 0.3) is 0 Å². The molecule has 1 N–H and O–H groups in total. The normalized spacial score (nSPS) is 23.6. The van der Waals surface area contributed by atoms with Gasteiger partial charge in [-0.1, -0.05) is 25.5 Å². The van der Waals surface area contributed by atoms with Gasteiger partial charge in [0.15, 0.2) is 0 Å². The molecular weight excluding hydrogens is 303 g/mol. The number of hydrogen-bond acceptors (Lipinski definition) is 3. The van der Waals surface area contributed by atoms with Crippen molar-refractivity contribution in [3.8, 4) is 0 Å². The molecule has 0 amide bonds. The number of benzene rings is 1. The average molecular weight is 328 g/mol. The van der Waals surface area contributed by atoms with E-state index in [1.165, 1.54) is 6.26 Å². The largest absolute Gasteiger partial charge is 0.310 e. The topological polar surface area (TPSA) is 49.4 Å². The number of piperidine rings is 1. The van der Waals surface area contributed by atoms with Crippen LogP contribution in [0.15, 0.2) is 18.2 Å². The molecule has 2 atom stereocenters. The third-order valence-corrected chi connectivity index (χ3v) is 5.76. The summed E-state index contributed by atoms with van der Waals surface area (Å²) in [4.78, 5) is 0. The molecule has 0 saturated carbocycles. The van der Waals surface area contributed by atoms with E-state index < -0.39 is 10.0 Å². The Kier molecular flexibility index (Phi) is 5.58. The molecular formula is C16H25FN2O2S. The molecule has 22 heavy (non-hydrogen) atoms. The van der Waals surface area contributed by atoms with Crippen molar-refractivity contribution in [1.29, 1.82) is 0 Å². The van der Waals surface area contributed by atoms with Gasteiger partial charge in [-0.25, -0.2) is 17.1 Å². The maximum Gasteiger partial charge on any atom is 0.211 e. The Morgan fingerprint density at radius 1 is 1.41 bits per heavy atom. The van der Waals surface area contributed by atoms with E-state index in [4.69, 9.17) is 0 Å². The first-order valence-electron chi connectivity index (χ1n) is 7.74.